The lowest BCUT2D eigenvalue weighted by molar-refractivity contribution is -0.125. The summed E-state index contributed by atoms with van der Waals surface area (Å²) in [5.41, 5.74) is 7.52. The highest BCUT2D eigenvalue weighted by atomic mass is 16.1. The summed E-state index contributed by atoms with van der Waals surface area (Å²) in [6.07, 6.45) is 3.57. The third-order valence-electron chi connectivity index (χ3n) is 4.03. The van der Waals surface area contributed by atoms with Gasteiger partial charge in [-0.1, -0.05) is 12.1 Å². The zero-order valence-electron chi connectivity index (χ0n) is 9.86. The van der Waals surface area contributed by atoms with Crippen molar-refractivity contribution >= 4 is 11.6 Å². The summed E-state index contributed by atoms with van der Waals surface area (Å²) in [4.78, 5) is 11.9. The van der Waals surface area contributed by atoms with E-state index in [2.05, 4.69) is 5.32 Å². The number of nitrogen functional groups attached to an aromatic ring is 1. The maximum absolute atomic E-state index is 11.9. The largest absolute Gasteiger partial charge is 0.399 e. The Morgan fingerprint density at radius 2 is 2.06 bits per heavy atom. The molecule has 2 aliphatic rings. The summed E-state index contributed by atoms with van der Waals surface area (Å²) in [6.45, 7) is 0.593. The number of carbonyl (C=O) groups excluding carboxylic acids is 1. The maximum atomic E-state index is 11.9. The van der Waals surface area contributed by atoms with Crippen LogP contribution < -0.4 is 11.1 Å². The molecule has 3 rings (SSSR count). The first-order valence-electron chi connectivity index (χ1n) is 6.34. The van der Waals surface area contributed by atoms with E-state index in [9.17, 15) is 4.79 Å². The highest BCUT2D eigenvalue weighted by Gasteiger charge is 2.47. The van der Waals surface area contributed by atoms with E-state index in [0.29, 0.717) is 6.54 Å². The number of benzene rings is 1. The molecule has 0 bridgehead atoms. The lowest BCUT2D eigenvalue weighted by atomic mass is 10.0. The number of nitrogens with one attached hydrogen (secondary N) is 1. The van der Waals surface area contributed by atoms with Crippen LogP contribution in [0.2, 0.25) is 0 Å². The maximum Gasteiger partial charge on any atom is 0.223 e. The SMILES string of the molecule is Nc1cccc(CNC(=O)C2CC3CC3C2)c1. The smallest absolute Gasteiger partial charge is 0.223 e. The Morgan fingerprint density at radius 1 is 1.29 bits per heavy atom. The van der Waals surface area contributed by atoms with Gasteiger partial charge in [0.15, 0.2) is 0 Å². The molecule has 0 saturated heterocycles. The minimum atomic E-state index is 0.222. The number of nitrogens with two attached hydrogens (primary N) is 1. The Labute approximate surface area is 101 Å². The minimum absolute atomic E-state index is 0.222. The molecule has 0 aromatic heterocycles. The molecule has 0 radical (unpaired) electrons. The van der Waals surface area contributed by atoms with E-state index in [0.717, 1.165) is 35.9 Å². The molecule has 2 fully saturated rings. The minimum Gasteiger partial charge on any atom is -0.399 e. The van der Waals surface area contributed by atoms with Crippen molar-refractivity contribution < 1.29 is 4.79 Å². The second-order valence-corrected chi connectivity index (χ2v) is 5.39. The molecule has 0 heterocycles. The number of hydrogen-bond donors (Lipinski definition) is 2. The van der Waals surface area contributed by atoms with Crippen LogP contribution in [-0.2, 0) is 11.3 Å². The molecule has 1 aromatic rings. The van der Waals surface area contributed by atoms with E-state index in [1.807, 2.05) is 24.3 Å². The van der Waals surface area contributed by atoms with Crippen LogP contribution in [0.3, 0.4) is 0 Å². The molecule has 1 amide bonds. The highest BCUT2D eigenvalue weighted by molar-refractivity contribution is 5.79. The van der Waals surface area contributed by atoms with Crippen LogP contribution in [0, 0.1) is 17.8 Å². The van der Waals surface area contributed by atoms with Gasteiger partial charge < -0.3 is 11.1 Å². The molecule has 2 unspecified atom stereocenters. The first-order valence-corrected chi connectivity index (χ1v) is 6.34. The van der Waals surface area contributed by atoms with Gasteiger partial charge in [-0.15, -0.1) is 0 Å². The van der Waals surface area contributed by atoms with Gasteiger partial charge in [0.2, 0.25) is 5.91 Å². The molecule has 2 atom stereocenters. The second kappa shape index (κ2) is 4.06. The second-order valence-electron chi connectivity index (χ2n) is 5.39. The Bertz CT molecular complexity index is 434. The summed E-state index contributed by atoms with van der Waals surface area (Å²) in [6, 6.07) is 7.67. The van der Waals surface area contributed by atoms with Crippen LogP contribution in [0.5, 0.6) is 0 Å². The molecule has 1 aromatic carbocycles. The monoisotopic (exact) mass is 230 g/mol. The van der Waals surface area contributed by atoms with Crippen LogP contribution in [-0.4, -0.2) is 5.91 Å². The molecule has 3 nitrogen and oxygen atoms in total. The summed E-state index contributed by atoms with van der Waals surface area (Å²) in [7, 11) is 0. The predicted octanol–water partition coefficient (Wildman–Crippen LogP) is 1.93. The van der Waals surface area contributed by atoms with E-state index < -0.39 is 0 Å². The van der Waals surface area contributed by atoms with Crippen molar-refractivity contribution in [2.45, 2.75) is 25.8 Å². The van der Waals surface area contributed by atoms with E-state index in [1.54, 1.807) is 0 Å². The average molecular weight is 230 g/mol. The van der Waals surface area contributed by atoms with Crippen LogP contribution in [0.15, 0.2) is 24.3 Å². The summed E-state index contributed by atoms with van der Waals surface area (Å²) >= 11 is 0. The fourth-order valence-electron chi connectivity index (χ4n) is 2.97. The highest BCUT2D eigenvalue weighted by Crippen LogP contribution is 2.54. The van der Waals surface area contributed by atoms with Gasteiger partial charge in [-0.25, -0.2) is 0 Å². The van der Waals surface area contributed by atoms with Crippen molar-refractivity contribution in [3.05, 3.63) is 29.8 Å². The van der Waals surface area contributed by atoms with Crippen molar-refractivity contribution in [1.29, 1.82) is 0 Å². The van der Waals surface area contributed by atoms with Crippen LogP contribution in [0.25, 0.3) is 0 Å². The van der Waals surface area contributed by atoms with Crippen LogP contribution in [0.1, 0.15) is 24.8 Å². The summed E-state index contributed by atoms with van der Waals surface area (Å²) < 4.78 is 0. The van der Waals surface area contributed by atoms with Gasteiger partial charge in [0, 0.05) is 18.2 Å². The fraction of sp³-hybridized carbons (Fsp3) is 0.500. The van der Waals surface area contributed by atoms with Gasteiger partial charge in [-0.3, -0.25) is 4.79 Å². The number of rotatable bonds is 3. The first-order chi connectivity index (χ1) is 8.22. The molecule has 90 valence electrons. The van der Waals surface area contributed by atoms with E-state index in [4.69, 9.17) is 5.73 Å². The molecule has 0 aliphatic heterocycles. The molecule has 3 N–H and O–H groups in total. The fourth-order valence-corrected chi connectivity index (χ4v) is 2.97. The number of carbonyl (C=O) groups is 1. The Hall–Kier alpha value is -1.51. The topological polar surface area (TPSA) is 55.1 Å². The Morgan fingerprint density at radius 3 is 2.76 bits per heavy atom. The molecule has 2 aliphatic carbocycles. The lowest BCUT2D eigenvalue weighted by Gasteiger charge is -2.12. The van der Waals surface area contributed by atoms with Gasteiger partial charge in [0.25, 0.3) is 0 Å². The summed E-state index contributed by atoms with van der Waals surface area (Å²) in [5, 5.41) is 3.01. The zero-order chi connectivity index (χ0) is 11.8. The Balaban J connectivity index is 1.52. The van der Waals surface area contributed by atoms with Gasteiger partial charge in [0.1, 0.15) is 0 Å². The average Bonchev–Trinajstić information content (AvgIpc) is 2.93. The van der Waals surface area contributed by atoms with E-state index >= 15 is 0 Å². The predicted molar refractivity (Wildman–Crippen MR) is 67.0 cm³/mol. The number of amides is 1. The third-order valence-corrected chi connectivity index (χ3v) is 4.03. The first kappa shape index (κ1) is 10.6. The Kier molecular flexibility index (Phi) is 2.54. The standard InChI is InChI=1S/C14H18N2O/c15-13-3-1-2-9(4-13)8-16-14(17)12-6-10-5-11(10)7-12/h1-4,10-12H,5-8,15H2,(H,16,17). The van der Waals surface area contributed by atoms with Crippen molar-refractivity contribution in [1.82, 2.24) is 5.32 Å². The van der Waals surface area contributed by atoms with Crippen LogP contribution in [0.4, 0.5) is 5.69 Å². The molecule has 3 heteroatoms. The lowest BCUT2D eigenvalue weighted by Crippen LogP contribution is -2.29. The number of anilines is 1. The van der Waals surface area contributed by atoms with Crippen molar-refractivity contribution in [2.24, 2.45) is 17.8 Å². The molecule has 17 heavy (non-hydrogen) atoms. The van der Waals surface area contributed by atoms with Crippen molar-refractivity contribution in [2.75, 3.05) is 5.73 Å². The van der Waals surface area contributed by atoms with Gasteiger partial charge in [0.05, 0.1) is 0 Å². The van der Waals surface area contributed by atoms with Gasteiger partial charge in [-0.05, 0) is 48.8 Å². The third kappa shape index (κ3) is 2.28. The normalized spacial score (nSPS) is 29.8. The van der Waals surface area contributed by atoms with E-state index in [-0.39, 0.29) is 11.8 Å². The van der Waals surface area contributed by atoms with Crippen molar-refractivity contribution in [3.8, 4) is 0 Å². The van der Waals surface area contributed by atoms with Gasteiger partial charge in [-0.2, -0.15) is 0 Å². The van der Waals surface area contributed by atoms with Gasteiger partial charge >= 0.3 is 0 Å². The zero-order valence-corrected chi connectivity index (χ0v) is 9.86. The molecular formula is C14H18N2O. The van der Waals surface area contributed by atoms with Crippen LogP contribution >= 0.6 is 0 Å². The number of fused-ring (bicyclic) bond motifs is 1. The molecular weight excluding hydrogens is 212 g/mol. The number of hydrogen-bond acceptors (Lipinski definition) is 2. The van der Waals surface area contributed by atoms with E-state index in [1.165, 1.54) is 6.42 Å². The quantitative estimate of drug-likeness (QED) is 0.780. The molecule has 0 spiro atoms. The molecule has 2 saturated carbocycles. The summed E-state index contributed by atoms with van der Waals surface area (Å²) in [5.74, 6) is 2.20. The van der Waals surface area contributed by atoms with Crippen molar-refractivity contribution in [3.63, 3.8) is 0 Å².